The highest BCUT2D eigenvalue weighted by atomic mass is 14.3. The summed E-state index contributed by atoms with van der Waals surface area (Å²) in [5.74, 6) is 0.763. The second kappa shape index (κ2) is 9.36. The van der Waals surface area contributed by atoms with Crippen LogP contribution < -0.4 is 0 Å². The van der Waals surface area contributed by atoms with Crippen molar-refractivity contribution in [2.24, 2.45) is 11.8 Å². The monoisotopic (exact) mass is 508 g/mol. The van der Waals surface area contributed by atoms with Crippen LogP contribution in [0.25, 0.3) is 60.1 Å². The van der Waals surface area contributed by atoms with Crippen molar-refractivity contribution in [3.63, 3.8) is 0 Å². The maximum absolute atomic E-state index is 2.36. The van der Waals surface area contributed by atoms with Gasteiger partial charge in [0.25, 0.3) is 0 Å². The highest BCUT2D eigenvalue weighted by molar-refractivity contribution is 6.19. The van der Waals surface area contributed by atoms with Crippen LogP contribution in [0.4, 0.5) is 0 Å². The van der Waals surface area contributed by atoms with Crippen LogP contribution in [0.5, 0.6) is 0 Å². The Morgan fingerprint density at radius 1 is 0.400 bits per heavy atom. The van der Waals surface area contributed by atoms with E-state index in [1.54, 1.807) is 0 Å². The van der Waals surface area contributed by atoms with E-state index in [1.807, 2.05) is 0 Å². The number of fused-ring (bicyclic) bond motifs is 4. The van der Waals surface area contributed by atoms with Gasteiger partial charge in [-0.25, -0.2) is 0 Å². The summed E-state index contributed by atoms with van der Waals surface area (Å²) in [5.41, 5.74) is 7.81. The second-order valence-corrected chi connectivity index (χ2v) is 10.9. The minimum absolute atomic E-state index is 0.355. The standard InChI is InChI=1S/C40H28/c1-2-12-31-26-32(25-22-27(31)10-1)28-20-23-30(24-21-28)39-35-15-5-7-17-37(35)40(38-18-8-6-16-36(38)39)34-19-9-13-29-11-3-4-14-33(29)34/h1-26,29,33H. The van der Waals surface area contributed by atoms with Gasteiger partial charge in [0, 0.05) is 11.8 Å². The maximum atomic E-state index is 2.36. The first-order chi connectivity index (χ1) is 19.8. The van der Waals surface area contributed by atoms with E-state index in [4.69, 9.17) is 0 Å². The zero-order chi connectivity index (χ0) is 26.5. The zero-order valence-corrected chi connectivity index (χ0v) is 22.2. The van der Waals surface area contributed by atoms with E-state index >= 15 is 0 Å². The van der Waals surface area contributed by atoms with Gasteiger partial charge in [-0.2, -0.15) is 0 Å². The van der Waals surface area contributed by atoms with Crippen molar-refractivity contribution >= 4 is 37.9 Å². The molecular weight excluding hydrogens is 480 g/mol. The minimum atomic E-state index is 0.355. The van der Waals surface area contributed by atoms with Crippen molar-refractivity contribution < 1.29 is 0 Å². The molecule has 2 atom stereocenters. The zero-order valence-electron chi connectivity index (χ0n) is 22.2. The number of hydrogen-bond donors (Lipinski definition) is 0. The fourth-order valence-corrected chi connectivity index (χ4v) is 6.72. The Morgan fingerprint density at radius 2 is 0.950 bits per heavy atom. The summed E-state index contributed by atoms with van der Waals surface area (Å²) >= 11 is 0. The predicted octanol–water partition coefficient (Wildman–Crippen LogP) is 10.8. The molecule has 2 aliphatic carbocycles. The predicted molar refractivity (Wildman–Crippen MR) is 172 cm³/mol. The highest BCUT2D eigenvalue weighted by Gasteiger charge is 2.27. The van der Waals surface area contributed by atoms with E-state index in [-0.39, 0.29) is 0 Å². The van der Waals surface area contributed by atoms with Gasteiger partial charge in [-0.1, -0.05) is 152 Å². The van der Waals surface area contributed by atoms with Gasteiger partial charge in [0.2, 0.25) is 0 Å². The Morgan fingerprint density at radius 3 is 1.68 bits per heavy atom. The fraction of sp³-hybridized carbons (Fsp3) is 0.0500. The molecule has 0 heteroatoms. The molecule has 0 amide bonds. The molecule has 188 valence electrons. The quantitative estimate of drug-likeness (QED) is 0.209. The Labute approximate surface area is 234 Å². The van der Waals surface area contributed by atoms with Crippen LogP contribution in [-0.4, -0.2) is 0 Å². The van der Waals surface area contributed by atoms with E-state index in [9.17, 15) is 0 Å². The SMILES string of the molecule is C1=CC2C=CC=C(c3c4ccccc4c(-c4ccc(-c5ccc6ccccc6c5)cc4)c4ccccc34)C2C=C1. The van der Waals surface area contributed by atoms with Gasteiger partial charge in [0.1, 0.15) is 0 Å². The summed E-state index contributed by atoms with van der Waals surface area (Å²) in [7, 11) is 0. The molecular formula is C40H28. The summed E-state index contributed by atoms with van der Waals surface area (Å²) in [6.07, 6.45) is 16.0. The molecule has 0 saturated carbocycles. The molecule has 8 rings (SSSR count). The largest absolute Gasteiger partial charge is 0.0767 e. The number of benzene rings is 6. The molecule has 0 aliphatic heterocycles. The molecule has 0 nitrogen and oxygen atoms in total. The average Bonchev–Trinajstić information content (AvgIpc) is 3.03. The summed E-state index contributed by atoms with van der Waals surface area (Å²) in [6, 6.07) is 42.4. The van der Waals surface area contributed by atoms with Crippen LogP contribution in [0.1, 0.15) is 5.56 Å². The van der Waals surface area contributed by atoms with Gasteiger partial charge in [0.05, 0.1) is 0 Å². The van der Waals surface area contributed by atoms with Crippen molar-refractivity contribution in [2.45, 2.75) is 0 Å². The van der Waals surface area contributed by atoms with Crippen molar-refractivity contribution in [3.05, 3.63) is 163 Å². The molecule has 0 radical (unpaired) electrons. The van der Waals surface area contributed by atoms with Gasteiger partial charge in [-0.15, -0.1) is 0 Å². The lowest BCUT2D eigenvalue weighted by atomic mass is 9.74. The lowest BCUT2D eigenvalue weighted by molar-refractivity contribution is 0.679. The summed E-state index contributed by atoms with van der Waals surface area (Å²) in [6.45, 7) is 0. The van der Waals surface area contributed by atoms with Gasteiger partial charge in [-0.3, -0.25) is 0 Å². The van der Waals surface area contributed by atoms with E-state index in [0.29, 0.717) is 11.8 Å². The Balaban J connectivity index is 1.32. The molecule has 40 heavy (non-hydrogen) atoms. The first kappa shape index (κ1) is 23.0. The minimum Gasteiger partial charge on any atom is -0.0767 e. The third kappa shape index (κ3) is 3.68. The van der Waals surface area contributed by atoms with Crippen molar-refractivity contribution in [2.75, 3.05) is 0 Å². The first-order valence-corrected chi connectivity index (χ1v) is 14.1. The highest BCUT2D eigenvalue weighted by Crippen LogP contribution is 2.46. The number of hydrogen-bond acceptors (Lipinski definition) is 0. The lowest BCUT2D eigenvalue weighted by Gasteiger charge is -2.29. The second-order valence-electron chi connectivity index (χ2n) is 10.9. The molecule has 6 aromatic carbocycles. The topological polar surface area (TPSA) is 0 Å². The van der Waals surface area contributed by atoms with Crippen molar-refractivity contribution in [1.29, 1.82) is 0 Å². The molecule has 0 fully saturated rings. The Hall–Kier alpha value is -4.94. The maximum Gasteiger partial charge on any atom is 0.0125 e. The summed E-state index contributed by atoms with van der Waals surface area (Å²) in [4.78, 5) is 0. The van der Waals surface area contributed by atoms with E-state index in [0.717, 1.165) is 0 Å². The molecule has 2 unspecified atom stereocenters. The van der Waals surface area contributed by atoms with E-state index in [1.165, 1.54) is 65.7 Å². The summed E-state index contributed by atoms with van der Waals surface area (Å²) in [5, 5.41) is 7.79. The Kier molecular flexibility index (Phi) is 5.38. The Bertz CT molecular complexity index is 1990. The van der Waals surface area contributed by atoms with Crippen LogP contribution in [0, 0.1) is 11.8 Å². The van der Waals surface area contributed by atoms with Crippen LogP contribution >= 0.6 is 0 Å². The van der Waals surface area contributed by atoms with Crippen LogP contribution in [0.3, 0.4) is 0 Å². The molecule has 0 saturated heterocycles. The fourth-order valence-electron chi connectivity index (χ4n) is 6.72. The molecule has 0 aromatic heterocycles. The van der Waals surface area contributed by atoms with Gasteiger partial charge < -0.3 is 0 Å². The molecule has 2 aliphatic rings. The van der Waals surface area contributed by atoms with Gasteiger partial charge in [-0.05, 0) is 71.8 Å². The molecule has 6 aromatic rings. The van der Waals surface area contributed by atoms with Crippen molar-refractivity contribution in [3.8, 4) is 22.3 Å². The van der Waals surface area contributed by atoms with E-state index < -0.39 is 0 Å². The smallest absolute Gasteiger partial charge is 0.0125 e. The average molecular weight is 509 g/mol. The first-order valence-electron chi connectivity index (χ1n) is 14.1. The molecule has 0 heterocycles. The number of allylic oxidation sites excluding steroid dienone is 8. The van der Waals surface area contributed by atoms with E-state index in [2.05, 4.69) is 158 Å². The molecule has 0 spiro atoms. The molecule has 0 N–H and O–H groups in total. The molecule has 0 bridgehead atoms. The third-order valence-electron chi connectivity index (χ3n) is 8.62. The van der Waals surface area contributed by atoms with Crippen LogP contribution in [0.15, 0.2) is 158 Å². The van der Waals surface area contributed by atoms with Gasteiger partial charge >= 0.3 is 0 Å². The van der Waals surface area contributed by atoms with Crippen molar-refractivity contribution in [1.82, 2.24) is 0 Å². The number of rotatable bonds is 3. The van der Waals surface area contributed by atoms with Gasteiger partial charge in [0.15, 0.2) is 0 Å². The van der Waals surface area contributed by atoms with Crippen LogP contribution in [-0.2, 0) is 0 Å². The lowest BCUT2D eigenvalue weighted by Crippen LogP contribution is -2.15. The third-order valence-corrected chi connectivity index (χ3v) is 8.62. The summed E-state index contributed by atoms with van der Waals surface area (Å²) < 4.78 is 0. The normalized spacial score (nSPS) is 17.9. The van der Waals surface area contributed by atoms with Crippen LogP contribution in [0.2, 0.25) is 0 Å².